The van der Waals surface area contributed by atoms with Crippen LogP contribution in [0.4, 0.5) is 11.4 Å². The van der Waals surface area contributed by atoms with E-state index in [-0.39, 0.29) is 16.5 Å². The maximum absolute atomic E-state index is 11.6. The number of carbonyl (C=O) groups is 1. The molecule has 106 valence electrons. The molecule has 0 bridgehead atoms. The Kier molecular flexibility index (Phi) is 4.41. The molecular weight excluding hydrogens is 266 g/mol. The van der Waals surface area contributed by atoms with Gasteiger partial charge in [-0.25, -0.2) is 8.42 Å². The van der Waals surface area contributed by atoms with Crippen molar-refractivity contribution in [1.29, 1.82) is 0 Å². The van der Waals surface area contributed by atoms with E-state index in [2.05, 4.69) is 5.32 Å². The normalized spacial score (nSPS) is 13.3. The lowest BCUT2D eigenvalue weighted by molar-refractivity contribution is -0.119. The summed E-state index contributed by atoms with van der Waals surface area (Å²) in [6.45, 7) is 3.66. The van der Waals surface area contributed by atoms with Crippen LogP contribution in [0, 0.1) is 5.92 Å². The number of sulfone groups is 1. The van der Waals surface area contributed by atoms with E-state index in [4.69, 9.17) is 11.5 Å². The highest BCUT2D eigenvalue weighted by molar-refractivity contribution is 7.90. The Balaban J connectivity index is 3.20. The Hall–Kier alpha value is -1.76. The third-order valence-corrected chi connectivity index (χ3v) is 3.90. The third-order valence-electron chi connectivity index (χ3n) is 2.75. The summed E-state index contributed by atoms with van der Waals surface area (Å²) in [5, 5.41) is 2.89. The van der Waals surface area contributed by atoms with Crippen LogP contribution in [-0.2, 0) is 14.6 Å². The first-order valence-corrected chi connectivity index (χ1v) is 7.68. The molecule has 0 aliphatic rings. The van der Waals surface area contributed by atoms with Crippen LogP contribution >= 0.6 is 0 Å². The Morgan fingerprint density at radius 2 is 1.89 bits per heavy atom. The van der Waals surface area contributed by atoms with Gasteiger partial charge in [0, 0.05) is 6.26 Å². The SMILES string of the molecule is CC(C)C(Nc1cccc(S(C)(=O)=O)c1N)C(N)=O. The zero-order chi connectivity index (χ0) is 14.8. The summed E-state index contributed by atoms with van der Waals surface area (Å²) in [6.07, 6.45) is 1.08. The summed E-state index contributed by atoms with van der Waals surface area (Å²) in [6, 6.07) is 3.98. The van der Waals surface area contributed by atoms with Crippen molar-refractivity contribution in [3.8, 4) is 0 Å². The Labute approximate surface area is 113 Å². The number of carbonyl (C=O) groups excluding carboxylic acids is 1. The van der Waals surface area contributed by atoms with Crippen molar-refractivity contribution in [1.82, 2.24) is 0 Å². The van der Waals surface area contributed by atoms with E-state index in [1.54, 1.807) is 12.1 Å². The average Bonchev–Trinajstić information content (AvgIpc) is 2.24. The first-order chi connectivity index (χ1) is 8.64. The summed E-state index contributed by atoms with van der Waals surface area (Å²) in [5.74, 6) is -0.557. The van der Waals surface area contributed by atoms with Gasteiger partial charge in [-0.05, 0) is 18.1 Å². The van der Waals surface area contributed by atoms with Gasteiger partial charge in [0.25, 0.3) is 0 Å². The van der Waals surface area contributed by atoms with Crippen molar-refractivity contribution in [2.45, 2.75) is 24.8 Å². The van der Waals surface area contributed by atoms with Gasteiger partial charge in [-0.3, -0.25) is 4.79 Å². The fraction of sp³-hybridized carbons (Fsp3) is 0.417. The van der Waals surface area contributed by atoms with Gasteiger partial charge < -0.3 is 16.8 Å². The third kappa shape index (κ3) is 3.60. The molecule has 0 spiro atoms. The Morgan fingerprint density at radius 3 is 2.32 bits per heavy atom. The van der Waals surface area contributed by atoms with Crippen LogP contribution in [0.15, 0.2) is 23.1 Å². The van der Waals surface area contributed by atoms with Crippen molar-refractivity contribution in [2.24, 2.45) is 11.7 Å². The van der Waals surface area contributed by atoms with E-state index in [1.807, 2.05) is 13.8 Å². The van der Waals surface area contributed by atoms with Crippen LogP contribution in [-0.4, -0.2) is 26.6 Å². The lowest BCUT2D eigenvalue weighted by atomic mass is 10.0. The summed E-state index contributed by atoms with van der Waals surface area (Å²) in [4.78, 5) is 11.4. The van der Waals surface area contributed by atoms with E-state index in [0.29, 0.717) is 5.69 Å². The molecule has 6 nitrogen and oxygen atoms in total. The monoisotopic (exact) mass is 285 g/mol. The molecule has 0 heterocycles. The van der Waals surface area contributed by atoms with Gasteiger partial charge in [0.2, 0.25) is 5.91 Å². The highest BCUT2D eigenvalue weighted by Gasteiger charge is 2.21. The first kappa shape index (κ1) is 15.3. The molecule has 0 aliphatic carbocycles. The van der Waals surface area contributed by atoms with Crippen molar-refractivity contribution in [2.75, 3.05) is 17.3 Å². The van der Waals surface area contributed by atoms with E-state index in [9.17, 15) is 13.2 Å². The minimum atomic E-state index is -3.41. The zero-order valence-corrected chi connectivity index (χ0v) is 12.0. The van der Waals surface area contributed by atoms with Gasteiger partial charge in [-0.1, -0.05) is 19.9 Å². The molecule has 1 aromatic rings. The average molecular weight is 285 g/mol. The van der Waals surface area contributed by atoms with Crippen molar-refractivity contribution >= 4 is 27.1 Å². The molecule has 1 unspecified atom stereocenters. The zero-order valence-electron chi connectivity index (χ0n) is 11.2. The number of primary amides is 1. The molecule has 0 aromatic heterocycles. The summed E-state index contributed by atoms with van der Waals surface area (Å²) < 4.78 is 23.1. The summed E-state index contributed by atoms with van der Waals surface area (Å²) >= 11 is 0. The number of nitrogen functional groups attached to an aromatic ring is 1. The van der Waals surface area contributed by atoms with Crippen LogP contribution in [0.3, 0.4) is 0 Å². The van der Waals surface area contributed by atoms with E-state index in [0.717, 1.165) is 6.26 Å². The molecule has 19 heavy (non-hydrogen) atoms. The molecule has 0 aliphatic heterocycles. The molecule has 1 rings (SSSR count). The number of amides is 1. The van der Waals surface area contributed by atoms with Crippen molar-refractivity contribution < 1.29 is 13.2 Å². The second-order valence-corrected chi connectivity index (χ2v) is 6.74. The molecule has 1 atom stereocenters. The molecule has 0 fully saturated rings. The first-order valence-electron chi connectivity index (χ1n) is 5.79. The predicted molar refractivity (Wildman–Crippen MR) is 75.4 cm³/mol. The minimum Gasteiger partial charge on any atom is -0.396 e. The molecule has 1 amide bonds. The van der Waals surface area contributed by atoms with Gasteiger partial charge in [0.15, 0.2) is 9.84 Å². The van der Waals surface area contributed by atoms with Crippen molar-refractivity contribution in [3.05, 3.63) is 18.2 Å². The van der Waals surface area contributed by atoms with Crippen LogP contribution in [0.5, 0.6) is 0 Å². The molecule has 7 heteroatoms. The number of hydrogen-bond donors (Lipinski definition) is 3. The minimum absolute atomic E-state index is 0.0319. The topological polar surface area (TPSA) is 115 Å². The lowest BCUT2D eigenvalue weighted by Crippen LogP contribution is -2.39. The maximum atomic E-state index is 11.6. The maximum Gasteiger partial charge on any atom is 0.240 e. The van der Waals surface area contributed by atoms with E-state index < -0.39 is 21.8 Å². The second-order valence-electron chi connectivity index (χ2n) is 4.76. The fourth-order valence-electron chi connectivity index (χ4n) is 1.73. The molecule has 1 aromatic carbocycles. The quantitative estimate of drug-likeness (QED) is 0.685. The smallest absolute Gasteiger partial charge is 0.240 e. The number of nitrogens with two attached hydrogens (primary N) is 2. The van der Waals surface area contributed by atoms with Crippen LogP contribution in [0.25, 0.3) is 0 Å². The molecule has 0 saturated carbocycles. The molecular formula is C12H19N3O3S. The number of hydrogen-bond acceptors (Lipinski definition) is 5. The fourth-order valence-corrected chi connectivity index (χ4v) is 2.56. The van der Waals surface area contributed by atoms with Crippen LogP contribution < -0.4 is 16.8 Å². The van der Waals surface area contributed by atoms with E-state index >= 15 is 0 Å². The molecule has 0 radical (unpaired) electrons. The number of rotatable bonds is 5. The predicted octanol–water partition coefficient (Wildman–Crippen LogP) is 0.594. The van der Waals surface area contributed by atoms with Gasteiger partial charge in [0.1, 0.15) is 6.04 Å². The second kappa shape index (κ2) is 5.48. The summed E-state index contributed by atoms with van der Waals surface area (Å²) in [7, 11) is -3.41. The van der Waals surface area contributed by atoms with Crippen molar-refractivity contribution in [3.63, 3.8) is 0 Å². The van der Waals surface area contributed by atoms with E-state index in [1.165, 1.54) is 6.07 Å². The molecule has 0 saturated heterocycles. The number of para-hydroxylation sites is 1. The van der Waals surface area contributed by atoms with Gasteiger partial charge >= 0.3 is 0 Å². The highest BCUT2D eigenvalue weighted by atomic mass is 32.2. The van der Waals surface area contributed by atoms with Crippen LogP contribution in [0.2, 0.25) is 0 Å². The van der Waals surface area contributed by atoms with Crippen LogP contribution in [0.1, 0.15) is 13.8 Å². The lowest BCUT2D eigenvalue weighted by Gasteiger charge is -2.21. The van der Waals surface area contributed by atoms with Gasteiger partial charge in [-0.2, -0.15) is 0 Å². The largest absolute Gasteiger partial charge is 0.396 e. The highest BCUT2D eigenvalue weighted by Crippen LogP contribution is 2.27. The van der Waals surface area contributed by atoms with Gasteiger partial charge in [0.05, 0.1) is 16.3 Å². The number of benzene rings is 1. The molecule has 5 N–H and O–H groups in total. The number of nitrogens with one attached hydrogen (secondary N) is 1. The Morgan fingerprint density at radius 1 is 1.32 bits per heavy atom. The standard InChI is InChI=1S/C12H19N3O3S/c1-7(2)11(12(14)16)15-8-5-4-6-9(10(8)13)19(3,17)18/h4-7,11,15H,13H2,1-3H3,(H2,14,16). The summed E-state index contributed by atoms with van der Waals surface area (Å²) in [5.41, 5.74) is 11.6. The van der Waals surface area contributed by atoms with Gasteiger partial charge in [-0.15, -0.1) is 0 Å². The Bertz CT molecular complexity index is 582. The number of anilines is 2.